The zero-order valence-electron chi connectivity index (χ0n) is 19.2. The first kappa shape index (κ1) is 23.6. The van der Waals surface area contributed by atoms with E-state index in [2.05, 4.69) is 20.6 Å². The molecule has 0 spiro atoms. The van der Waals surface area contributed by atoms with Gasteiger partial charge in [-0.15, -0.1) is 5.10 Å². The number of aromatic nitrogens is 2. The van der Waals surface area contributed by atoms with Crippen molar-refractivity contribution in [2.45, 2.75) is 38.8 Å². The lowest BCUT2D eigenvalue weighted by Crippen LogP contribution is -2.35. The molecule has 2 aliphatic rings. The SMILES string of the molecule is CCOC(=O)n1nc(NC(=O)c2ccc(OC3CCN(C)CC3)cc2[N+](=O)[O-])c2c1CCNC2. The van der Waals surface area contributed by atoms with Gasteiger partial charge >= 0.3 is 6.09 Å². The fourth-order valence-corrected chi connectivity index (χ4v) is 4.18. The normalized spacial score (nSPS) is 16.5. The third-order valence-electron chi connectivity index (χ3n) is 5.98. The number of likely N-dealkylation sites (tertiary alicyclic amines) is 1. The summed E-state index contributed by atoms with van der Waals surface area (Å²) in [5.41, 5.74) is 0.810. The monoisotopic (exact) mass is 472 g/mol. The first-order valence-corrected chi connectivity index (χ1v) is 11.3. The molecule has 12 heteroatoms. The minimum Gasteiger partial charge on any atom is -0.490 e. The van der Waals surface area contributed by atoms with Crippen molar-refractivity contribution in [2.24, 2.45) is 0 Å². The van der Waals surface area contributed by atoms with E-state index in [0.29, 0.717) is 36.5 Å². The molecule has 3 heterocycles. The fraction of sp³-hybridized carbons (Fsp3) is 0.500. The molecule has 12 nitrogen and oxygen atoms in total. The molecule has 1 aromatic heterocycles. The maximum Gasteiger partial charge on any atom is 0.434 e. The number of carbonyl (C=O) groups excluding carboxylic acids is 2. The molecule has 0 radical (unpaired) electrons. The Labute approximate surface area is 196 Å². The summed E-state index contributed by atoms with van der Waals surface area (Å²) in [5, 5.41) is 21.8. The lowest BCUT2D eigenvalue weighted by Gasteiger charge is -2.29. The molecular formula is C22H28N6O6. The third kappa shape index (κ3) is 5.02. The number of amides is 1. The molecule has 34 heavy (non-hydrogen) atoms. The molecule has 2 N–H and O–H groups in total. The van der Waals surface area contributed by atoms with Gasteiger partial charge in [-0.25, -0.2) is 4.79 Å². The van der Waals surface area contributed by atoms with Crippen molar-refractivity contribution in [2.75, 3.05) is 38.6 Å². The number of rotatable bonds is 6. The summed E-state index contributed by atoms with van der Waals surface area (Å²) in [4.78, 5) is 38.6. The number of nitrogens with one attached hydrogen (secondary N) is 2. The number of fused-ring (bicyclic) bond motifs is 1. The molecule has 1 amide bonds. The van der Waals surface area contributed by atoms with Gasteiger partial charge in [-0.2, -0.15) is 4.68 Å². The van der Waals surface area contributed by atoms with Crippen molar-refractivity contribution in [3.8, 4) is 5.75 Å². The van der Waals surface area contributed by atoms with E-state index in [1.165, 1.54) is 12.1 Å². The highest BCUT2D eigenvalue weighted by molar-refractivity contribution is 6.07. The van der Waals surface area contributed by atoms with Gasteiger partial charge in [0.1, 0.15) is 17.4 Å². The quantitative estimate of drug-likeness (QED) is 0.478. The van der Waals surface area contributed by atoms with Crippen LogP contribution in [0.4, 0.5) is 16.3 Å². The molecule has 0 unspecified atom stereocenters. The van der Waals surface area contributed by atoms with Gasteiger partial charge in [0.25, 0.3) is 11.6 Å². The van der Waals surface area contributed by atoms with Crippen LogP contribution in [0, 0.1) is 10.1 Å². The predicted octanol–water partition coefficient (Wildman–Crippen LogP) is 2.17. The summed E-state index contributed by atoms with van der Waals surface area (Å²) in [6, 6.07) is 4.22. The van der Waals surface area contributed by atoms with Crippen LogP contribution in [0.3, 0.4) is 0 Å². The van der Waals surface area contributed by atoms with Crippen molar-refractivity contribution in [3.05, 3.63) is 45.1 Å². The van der Waals surface area contributed by atoms with Crippen LogP contribution < -0.4 is 15.4 Å². The summed E-state index contributed by atoms with van der Waals surface area (Å²) < 4.78 is 12.1. The molecule has 182 valence electrons. The number of nitro groups is 1. The second-order valence-electron chi connectivity index (χ2n) is 8.32. The summed E-state index contributed by atoms with van der Waals surface area (Å²) in [5.74, 6) is -0.174. The minimum absolute atomic E-state index is 0.0265. The number of nitro benzene ring substituents is 1. The van der Waals surface area contributed by atoms with E-state index in [4.69, 9.17) is 9.47 Å². The summed E-state index contributed by atoms with van der Waals surface area (Å²) in [7, 11) is 2.04. The van der Waals surface area contributed by atoms with Crippen LogP contribution in [0.2, 0.25) is 0 Å². The van der Waals surface area contributed by atoms with Gasteiger partial charge in [-0.1, -0.05) is 0 Å². The van der Waals surface area contributed by atoms with E-state index >= 15 is 0 Å². The minimum atomic E-state index is -0.695. The Hall–Kier alpha value is -3.51. The van der Waals surface area contributed by atoms with Crippen molar-refractivity contribution >= 4 is 23.5 Å². The molecule has 0 aliphatic carbocycles. The highest BCUT2D eigenvalue weighted by Crippen LogP contribution is 2.29. The third-order valence-corrected chi connectivity index (χ3v) is 5.98. The Kier molecular flexibility index (Phi) is 7.08. The summed E-state index contributed by atoms with van der Waals surface area (Å²) in [6.45, 7) is 4.71. The fourth-order valence-electron chi connectivity index (χ4n) is 4.18. The second-order valence-corrected chi connectivity index (χ2v) is 8.32. The zero-order chi connectivity index (χ0) is 24.2. The lowest BCUT2D eigenvalue weighted by atomic mass is 10.1. The maximum absolute atomic E-state index is 13.0. The van der Waals surface area contributed by atoms with Crippen molar-refractivity contribution < 1.29 is 24.0 Å². The molecule has 2 aromatic rings. The zero-order valence-corrected chi connectivity index (χ0v) is 19.2. The highest BCUT2D eigenvalue weighted by atomic mass is 16.6. The highest BCUT2D eigenvalue weighted by Gasteiger charge is 2.28. The van der Waals surface area contributed by atoms with E-state index < -0.39 is 16.9 Å². The van der Waals surface area contributed by atoms with Crippen molar-refractivity contribution in [3.63, 3.8) is 0 Å². The molecule has 1 aromatic carbocycles. The Bertz CT molecular complexity index is 1090. The smallest absolute Gasteiger partial charge is 0.434 e. The van der Waals surface area contributed by atoms with E-state index in [9.17, 15) is 19.7 Å². The van der Waals surface area contributed by atoms with E-state index in [0.717, 1.165) is 30.6 Å². The van der Waals surface area contributed by atoms with Crippen LogP contribution in [0.1, 0.15) is 41.4 Å². The lowest BCUT2D eigenvalue weighted by molar-refractivity contribution is -0.385. The first-order valence-electron chi connectivity index (χ1n) is 11.3. The van der Waals surface area contributed by atoms with Crippen LogP contribution in [0.15, 0.2) is 18.2 Å². The number of hydrogen-bond acceptors (Lipinski definition) is 9. The standard InChI is InChI=1S/C22H28N6O6/c1-3-33-22(30)27-18-6-9-23-13-17(18)20(25-27)24-21(29)16-5-4-15(12-19(16)28(31)32)34-14-7-10-26(2)11-8-14/h4-5,12,14,23H,3,6-11,13H2,1-2H3,(H,24,25,29). The predicted molar refractivity (Wildman–Crippen MR) is 122 cm³/mol. The topological polar surface area (TPSA) is 141 Å². The molecule has 1 saturated heterocycles. The molecule has 1 fully saturated rings. The second kappa shape index (κ2) is 10.2. The number of benzene rings is 1. The molecule has 0 bridgehead atoms. The average Bonchev–Trinajstić information content (AvgIpc) is 3.19. The van der Waals surface area contributed by atoms with E-state index in [1.807, 2.05) is 7.05 Å². The molecule has 4 rings (SSSR count). The van der Waals surface area contributed by atoms with E-state index in [-0.39, 0.29) is 29.8 Å². The van der Waals surface area contributed by atoms with Crippen LogP contribution in [0.5, 0.6) is 5.75 Å². The van der Waals surface area contributed by atoms with Gasteiger partial charge in [0.2, 0.25) is 0 Å². The first-order chi connectivity index (χ1) is 16.4. The molecule has 0 saturated carbocycles. The molecule has 0 atom stereocenters. The van der Waals surface area contributed by atoms with Crippen LogP contribution >= 0.6 is 0 Å². The van der Waals surface area contributed by atoms with Gasteiger partial charge in [-0.3, -0.25) is 14.9 Å². The molecule has 2 aliphatic heterocycles. The number of piperidine rings is 1. The van der Waals surface area contributed by atoms with E-state index in [1.54, 1.807) is 13.0 Å². The summed E-state index contributed by atoms with van der Waals surface area (Å²) >= 11 is 0. The number of ether oxygens (including phenoxy) is 2. The number of hydrogen-bond donors (Lipinski definition) is 2. The summed E-state index contributed by atoms with van der Waals surface area (Å²) in [6.07, 6.45) is 1.52. The Balaban J connectivity index is 1.56. The number of carbonyl (C=O) groups is 2. The Morgan fingerprint density at radius 1 is 1.32 bits per heavy atom. The van der Waals surface area contributed by atoms with Gasteiger partial charge in [0, 0.05) is 38.2 Å². The van der Waals surface area contributed by atoms with Gasteiger partial charge < -0.3 is 25.0 Å². The Morgan fingerprint density at radius 2 is 2.09 bits per heavy atom. The Morgan fingerprint density at radius 3 is 2.79 bits per heavy atom. The molecular weight excluding hydrogens is 444 g/mol. The average molecular weight is 473 g/mol. The van der Waals surface area contributed by atoms with Crippen LogP contribution in [-0.4, -0.2) is 71.0 Å². The van der Waals surface area contributed by atoms with Crippen molar-refractivity contribution in [1.82, 2.24) is 20.0 Å². The van der Waals surface area contributed by atoms with Gasteiger partial charge in [0.15, 0.2) is 5.82 Å². The van der Waals surface area contributed by atoms with Crippen LogP contribution in [0.25, 0.3) is 0 Å². The largest absolute Gasteiger partial charge is 0.490 e. The van der Waals surface area contributed by atoms with Crippen molar-refractivity contribution in [1.29, 1.82) is 0 Å². The number of anilines is 1. The maximum atomic E-state index is 13.0. The van der Waals surface area contributed by atoms with Gasteiger partial charge in [-0.05, 0) is 38.9 Å². The van der Waals surface area contributed by atoms with Gasteiger partial charge in [0.05, 0.1) is 23.3 Å². The number of nitrogens with zero attached hydrogens (tertiary/aromatic N) is 4. The van der Waals surface area contributed by atoms with Crippen LogP contribution in [-0.2, 0) is 17.7 Å².